The summed E-state index contributed by atoms with van der Waals surface area (Å²) in [6.45, 7) is 2.27. The number of nitrogens with zero attached hydrogens (tertiary/aromatic N) is 4. The Balaban J connectivity index is 1.49. The largest absolute Gasteiger partial charge is 0.493 e. The summed E-state index contributed by atoms with van der Waals surface area (Å²) in [4.78, 5) is 31.8. The molecular formula is C20H20N4O5S. The van der Waals surface area contributed by atoms with Gasteiger partial charge in [-0.3, -0.25) is 14.9 Å². The molecule has 0 atom stereocenters. The molecule has 156 valence electrons. The number of aromatic nitrogens is 1. The van der Waals surface area contributed by atoms with Gasteiger partial charge in [0.05, 0.1) is 23.8 Å². The minimum absolute atomic E-state index is 0.0849. The van der Waals surface area contributed by atoms with E-state index >= 15 is 0 Å². The maximum Gasteiger partial charge on any atom is 0.270 e. The fourth-order valence-corrected chi connectivity index (χ4v) is 4.49. The summed E-state index contributed by atoms with van der Waals surface area (Å²) in [5.41, 5.74) is 1.000. The molecule has 0 bridgehead atoms. The second-order valence-electron chi connectivity index (χ2n) is 6.73. The number of nitro groups is 1. The first-order chi connectivity index (χ1) is 14.5. The summed E-state index contributed by atoms with van der Waals surface area (Å²) in [6, 6.07) is 9.66. The van der Waals surface area contributed by atoms with E-state index in [1.807, 2.05) is 12.1 Å². The minimum Gasteiger partial charge on any atom is -0.493 e. The van der Waals surface area contributed by atoms with Crippen molar-refractivity contribution in [2.75, 3.05) is 45.3 Å². The summed E-state index contributed by atoms with van der Waals surface area (Å²) >= 11 is 1.56. The summed E-state index contributed by atoms with van der Waals surface area (Å²) < 4.78 is 11.8. The molecule has 2 heterocycles. The minimum atomic E-state index is -0.495. The van der Waals surface area contributed by atoms with Crippen molar-refractivity contribution in [3.05, 3.63) is 52.1 Å². The number of thiazole rings is 1. The van der Waals surface area contributed by atoms with Crippen molar-refractivity contribution >= 4 is 38.3 Å². The number of amides is 1. The molecule has 0 saturated carbocycles. The molecule has 3 aromatic rings. The lowest BCUT2D eigenvalue weighted by Gasteiger charge is -2.34. The standard InChI is InChI=1S/C20H20N4O5S/c1-28-15-6-7-16-17(18(15)29-2)21-20(30-16)23-10-8-22(9-11-23)19(25)13-4-3-5-14(12-13)24(26)27/h3-7,12H,8-11H2,1-2H3. The van der Waals surface area contributed by atoms with E-state index in [4.69, 9.17) is 14.5 Å². The molecule has 4 rings (SSSR count). The van der Waals surface area contributed by atoms with Gasteiger partial charge in [0.1, 0.15) is 5.52 Å². The highest BCUT2D eigenvalue weighted by Gasteiger charge is 2.25. The number of non-ortho nitro benzene ring substituents is 1. The zero-order chi connectivity index (χ0) is 21.3. The van der Waals surface area contributed by atoms with Gasteiger partial charge in [0.15, 0.2) is 16.6 Å². The van der Waals surface area contributed by atoms with Gasteiger partial charge in [-0.1, -0.05) is 17.4 Å². The lowest BCUT2D eigenvalue weighted by atomic mass is 10.1. The lowest BCUT2D eigenvalue weighted by molar-refractivity contribution is -0.384. The highest BCUT2D eigenvalue weighted by atomic mass is 32.1. The Labute approximate surface area is 176 Å². The van der Waals surface area contributed by atoms with Gasteiger partial charge in [0.25, 0.3) is 11.6 Å². The molecule has 0 unspecified atom stereocenters. The van der Waals surface area contributed by atoms with Crippen LogP contribution in [0.15, 0.2) is 36.4 Å². The van der Waals surface area contributed by atoms with Crippen molar-refractivity contribution in [3.63, 3.8) is 0 Å². The van der Waals surface area contributed by atoms with Gasteiger partial charge >= 0.3 is 0 Å². The smallest absolute Gasteiger partial charge is 0.270 e. The van der Waals surface area contributed by atoms with Crippen LogP contribution in [0.25, 0.3) is 10.2 Å². The van der Waals surface area contributed by atoms with Crippen molar-refractivity contribution in [1.29, 1.82) is 0 Å². The number of rotatable bonds is 5. The van der Waals surface area contributed by atoms with Crippen LogP contribution in [0.3, 0.4) is 0 Å². The van der Waals surface area contributed by atoms with Crippen molar-refractivity contribution in [2.45, 2.75) is 0 Å². The SMILES string of the molecule is COc1ccc2sc(N3CCN(C(=O)c4cccc([N+](=O)[O-])c4)CC3)nc2c1OC. The second kappa shape index (κ2) is 8.15. The Morgan fingerprint density at radius 2 is 1.90 bits per heavy atom. The third kappa shape index (κ3) is 3.61. The number of piperazine rings is 1. The Bertz CT molecular complexity index is 1110. The first-order valence-electron chi connectivity index (χ1n) is 9.32. The summed E-state index contributed by atoms with van der Waals surface area (Å²) in [7, 11) is 3.18. The number of methoxy groups -OCH3 is 2. The molecule has 9 nitrogen and oxygen atoms in total. The Morgan fingerprint density at radius 1 is 1.13 bits per heavy atom. The summed E-state index contributed by atoms with van der Waals surface area (Å²) in [5.74, 6) is 1.04. The van der Waals surface area contributed by atoms with Crippen LogP contribution in [0.4, 0.5) is 10.8 Å². The van der Waals surface area contributed by atoms with E-state index in [9.17, 15) is 14.9 Å². The fraction of sp³-hybridized carbons (Fsp3) is 0.300. The van der Waals surface area contributed by atoms with Crippen molar-refractivity contribution in [1.82, 2.24) is 9.88 Å². The van der Waals surface area contributed by atoms with Crippen molar-refractivity contribution in [3.8, 4) is 11.5 Å². The zero-order valence-electron chi connectivity index (χ0n) is 16.5. The molecule has 1 aromatic heterocycles. The molecule has 1 amide bonds. The molecule has 0 spiro atoms. The van der Waals surface area contributed by atoms with Crippen molar-refractivity contribution < 1.29 is 19.2 Å². The topological polar surface area (TPSA) is 98.0 Å². The van der Waals surface area contributed by atoms with Gasteiger partial charge in [-0.15, -0.1) is 0 Å². The number of benzene rings is 2. The Hall–Kier alpha value is -3.40. The van der Waals surface area contributed by atoms with Gasteiger partial charge in [-0.2, -0.15) is 0 Å². The molecular weight excluding hydrogens is 408 g/mol. The van der Waals surface area contributed by atoms with Crippen LogP contribution in [-0.2, 0) is 0 Å². The maximum absolute atomic E-state index is 12.8. The quantitative estimate of drug-likeness (QED) is 0.455. The first kappa shape index (κ1) is 19.9. The number of anilines is 1. The molecule has 0 aliphatic carbocycles. The van der Waals surface area contributed by atoms with Crippen LogP contribution < -0.4 is 14.4 Å². The molecule has 2 aromatic carbocycles. The highest BCUT2D eigenvalue weighted by Crippen LogP contribution is 2.40. The van der Waals surface area contributed by atoms with Crippen LogP contribution in [0.1, 0.15) is 10.4 Å². The van der Waals surface area contributed by atoms with E-state index in [1.165, 1.54) is 18.2 Å². The number of nitro benzene ring substituents is 1. The van der Waals surface area contributed by atoms with Gasteiger partial charge < -0.3 is 19.3 Å². The number of carbonyl (C=O) groups is 1. The molecule has 10 heteroatoms. The van der Waals surface area contributed by atoms with E-state index in [0.29, 0.717) is 43.2 Å². The second-order valence-corrected chi connectivity index (χ2v) is 7.74. The predicted octanol–water partition coefficient (Wildman–Crippen LogP) is 3.18. The van der Waals surface area contributed by atoms with Crippen LogP contribution in [-0.4, -0.2) is 61.1 Å². The molecule has 1 aliphatic heterocycles. The number of fused-ring (bicyclic) bond motifs is 1. The molecule has 0 N–H and O–H groups in total. The molecule has 30 heavy (non-hydrogen) atoms. The first-order valence-corrected chi connectivity index (χ1v) is 10.1. The predicted molar refractivity (Wildman–Crippen MR) is 114 cm³/mol. The van der Waals surface area contributed by atoms with E-state index < -0.39 is 4.92 Å². The van der Waals surface area contributed by atoms with E-state index in [1.54, 1.807) is 36.5 Å². The molecule has 1 fully saturated rings. The van der Waals surface area contributed by atoms with Crippen LogP contribution in [0.2, 0.25) is 0 Å². The number of ether oxygens (including phenoxy) is 2. The number of hydrogen-bond donors (Lipinski definition) is 0. The Kier molecular flexibility index (Phi) is 5.40. The van der Waals surface area contributed by atoms with Crippen LogP contribution in [0.5, 0.6) is 11.5 Å². The monoisotopic (exact) mass is 428 g/mol. The normalized spacial score (nSPS) is 14.1. The van der Waals surface area contributed by atoms with Gasteiger partial charge in [-0.05, 0) is 18.2 Å². The highest BCUT2D eigenvalue weighted by molar-refractivity contribution is 7.22. The summed E-state index contributed by atoms with van der Waals surface area (Å²) in [6.07, 6.45) is 0. The number of hydrogen-bond acceptors (Lipinski definition) is 8. The zero-order valence-corrected chi connectivity index (χ0v) is 17.3. The third-order valence-corrected chi connectivity index (χ3v) is 6.11. The van der Waals surface area contributed by atoms with Crippen LogP contribution in [0, 0.1) is 10.1 Å². The third-order valence-electron chi connectivity index (χ3n) is 5.03. The van der Waals surface area contributed by atoms with Gasteiger partial charge in [0, 0.05) is 43.9 Å². The van der Waals surface area contributed by atoms with Crippen LogP contribution >= 0.6 is 11.3 Å². The average molecular weight is 428 g/mol. The number of carbonyl (C=O) groups excluding carboxylic acids is 1. The fourth-order valence-electron chi connectivity index (χ4n) is 3.47. The maximum atomic E-state index is 12.8. The van der Waals surface area contributed by atoms with E-state index in [2.05, 4.69) is 4.90 Å². The summed E-state index contributed by atoms with van der Waals surface area (Å²) in [5, 5.41) is 11.8. The van der Waals surface area contributed by atoms with Gasteiger partial charge in [0.2, 0.25) is 0 Å². The Morgan fingerprint density at radius 3 is 2.57 bits per heavy atom. The van der Waals surface area contributed by atoms with E-state index in [-0.39, 0.29) is 11.6 Å². The van der Waals surface area contributed by atoms with E-state index in [0.717, 1.165) is 15.3 Å². The van der Waals surface area contributed by atoms with Crippen molar-refractivity contribution in [2.24, 2.45) is 0 Å². The molecule has 0 radical (unpaired) electrons. The van der Waals surface area contributed by atoms with Gasteiger partial charge in [-0.25, -0.2) is 4.98 Å². The molecule has 1 aliphatic rings. The average Bonchev–Trinajstić information content (AvgIpc) is 3.22. The molecule has 1 saturated heterocycles. The lowest BCUT2D eigenvalue weighted by Crippen LogP contribution is -2.48.